The Labute approximate surface area is 97.2 Å². The molecule has 1 N–H and O–H groups in total. The Morgan fingerprint density at radius 1 is 1.40 bits per heavy atom. The summed E-state index contributed by atoms with van der Waals surface area (Å²) < 4.78 is 0. The Hall–Kier alpha value is -1.34. The van der Waals surface area contributed by atoms with Crippen molar-refractivity contribution in [2.75, 3.05) is 11.9 Å². The third kappa shape index (κ3) is 3.72. The van der Waals surface area contributed by atoms with Gasteiger partial charge in [-0.15, -0.1) is 0 Å². The molecule has 0 aromatic heterocycles. The topological polar surface area (TPSA) is 52.9 Å². The Kier molecular flexibility index (Phi) is 4.85. The molecule has 0 aliphatic heterocycles. The molecule has 0 saturated heterocycles. The fraction of sp³-hybridized carbons (Fsp3) is 0.273. The standard InChI is InChI=1S/C11H11BrN2O/c12-6-1-7-14-11(15)10-4-2-9(8-13)3-5-10/h2-5H,1,6-7H2,(H,14,15). The lowest BCUT2D eigenvalue weighted by Crippen LogP contribution is -2.24. The van der Waals surface area contributed by atoms with Crippen LogP contribution in [0.1, 0.15) is 22.3 Å². The van der Waals surface area contributed by atoms with Crippen LogP contribution >= 0.6 is 15.9 Å². The molecule has 0 heterocycles. The molecule has 78 valence electrons. The van der Waals surface area contributed by atoms with E-state index in [1.165, 1.54) is 0 Å². The molecular formula is C11H11BrN2O. The molecule has 1 aromatic carbocycles. The fourth-order valence-corrected chi connectivity index (χ4v) is 1.35. The van der Waals surface area contributed by atoms with E-state index in [2.05, 4.69) is 21.2 Å². The molecule has 15 heavy (non-hydrogen) atoms. The average molecular weight is 267 g/mol. The molecule has 0 bridgehead atoms. The molecular weight excluding hydrogens is 256 g/mol. The van der Waals surface area contributed by atoms with Crippen molar-refractivity contribution in [2.45, 2.75) is 6.42 Å². The van der Waals surface area contributed by atoms with Crippen molar-refractivity contribution in [1.82, 2.24) is 5.32 Å². The van der Waals surface area contributed by atoms with Crippen LogP contribution in [0.5, 0.6) is 0 Å². The summed E-state index contributed by atoms with van der Waals surface area (Å²) in [5.74, 6) is -0.0968. The number of hydrogen-bond acceptors (Lipinski definition) is 2. The number of nitrogens with zero attached hydrogens (tertiary/aromatic N) is 1. The second-order valence-electron chi connectivity index (χ2n) is 2.99. The number of rotatable bonds is 4. The molecule has 0 aliphatic carbocycles. The van der Waals surface area contributed by atoms with Gasteiger partial charge in [-0.05, 0) is 30.7 Å². The maximum Gasteiger partial charge on any atom is 0.251 e. The molecule has 1 rings (SSSR count). The lowest BCUT2D eigenvalue weighted by molar-refractivity contribution is 0.0954. The van der Waals surface area contributed by atoms with E-state index in [0.717, 1.165) is 11.8 Å². The molecule has 1 aromatic rings. The summed E-state index contributed by atoms with van der Waals surface area (Å²) in [6.07, 6.45) is 0.905. The van der Waals surface area contributed by atoms with Gasteiger partial charge in [-0.25, -0.2) is 0 Å². The van der Waals surface area contributed by atoms with Crippen molar-refractivity contribution in [2.24, 2.45) is 0 Å². The third-order valence-electron chi connectivity index (χ3n) is 1.87. The van der Waals surface area contributed by atoms with Crippen LogP contribution in [0.25, 0.3) is 0 Å². The van der Waals surface area contributed by atoms with E-state index in [9.17, 15) is 4.79 Å². The third-order valence-corrected chi connectivity index (χ3v) is 2.43. The summed E-state index contributed by atoms with van der Waals surface area (Å²) >= 11 is 3.29. The normalized spacial score (nSPS) is 9.33. The largest absolute Gasteiger partial charge is 0.352 e. The van der Waals surface area contributed by atoms with Crippen LogP contribution in [0.4, 0.5) is 0 Å². The summed E-state index contributed by atoms with van der Waals surface area (Å²) in [6.45, 7) is 0.657. The predicted octanol–water partition coefficient (Wildman–Crippen LogP) is 2.07. The van der Waals surface area contributed by atoms with Gasteiger partial charge in [0.05, 0.1) is 11.6 Å². The van der Waals surface area contributed by atoms with Crippen LogP contribution < -0.4 is 5.32 Å². The van der Waals surface area contributed by atoms with Crippen LogP contribution in [0, 0.1) is 11.3 Å². The van der Waals surface area contributed by atoms with Crippen molar-refractivity contribution < 1.29 is 4.79 Å². The first kappa shape index (κ1) is 11.7. The Morgan fingerprint density at radius 2 is 2.07 bits per heavy atom. The van der Waals surface area contributed by atoms with Gasteiger partial charge in [-0.3, -0.25) is 4.79 Å². The van der Waals surface area contributed by atoms with Gasteiger partial charge in [0.2, 0.25) is 0 Å². The zero-order valence-corrected chi connectivity index (χ0v) is 9.75. The van der Waals surface area contributed by atoms with Gasteiger partial charge >= 0.3 is 0 Å². The minimum absolute atomic E-state index is 0.0968. The number of halogens is 1. The molecule has 1 amide bonds. The summed E-state index contributed by atoms with van der Waals surface area (Å²) in [7, 11) is 0. The highest BCUT2D eigenvalue weighted by molar-refractivity contribution is 9.09. The highest BCUT2D eigenvalue weighted by atomic mass is 79.9. The number of amides is 1. The van der Waals surface area contributed by atoms with Crippen molar-refractivity contribution in [1.29, 1.82) is 5.26 Å². The van der Waals surface area contributed by atoms with Crippen LogP contribution in [0.2, 0.25) is 0 Å². The number of benzene rings is 1. The predicted molar refractivity (Wildman–Crippen MR) is 61.9 cm³/mol. The van der Waals surface area contributed by atoms with E-state index < -0.39 is 0 Å². The first-order chi connectivity index (χ1) is 7.27. The van der Waals surface area contributed by atoms with Gasteiger partial charge in [0, 0.05) is 17.4 Å². The zero-order chi connectivity index (χ0) is 11.1. The maximum atomic E-state index is 11.5. The number of hydrogen-bond donors (Lipinski definition) is 1. The maximum absolute atomic E-state index is 11.5. The molecule has 0 fully saturated rings. The van der Waals surface area contributed by atoms with Crippen LogP contribution in [0.3, 0.4) is 0 Å². The van der Waals surface area contributed by atoms with Crippen LogP contribution in [-0.4, -0.2) is 17.8 Å². The van der Waals surface area contributed by atoms with Gasteiger partial charge in [-0.2, -0.15) is 5.26 Å². The molecule has 0 aliphatic rings. The van der Waals surface area contributed by atoms with E-state index in [1.807, 2.05) is 6.07 Å². The Balaban J connectivity index is 2.55. The second kappa shape index (κ2) is 6.20. The van der Waals surface area contributed by atoms with E-state index in [1.54, 1.807) is 24.3 Å². The van der Waals surface area contributed by atoms with Crippen molar-refractivity contribution in [3.63, 3.8) is 0 Å². The van der Waals surface area contributed by atoms with Crippen molar-refractivity contribution >= 4 is 21.8 Å². The Morgan fingerprint density at radius 3 is 2.60 bits per heavy atom. The van der Waals surface area contributed by atoms with Crippen molar-refractivity contribution in [3.05, 3.63) is 35.4 Å². The minimum atomic E-state index is -0.0968. The van der Waals surface area contributed by atoms with E-state index in [-0.39, 0.29) is 5.91 Å². The fourth-order valence-electron chi connectivity index (χ4n) is 1.07. The van der Waals surface area contributed by atoms with Gasteiger partial charge < -0.3 is 5.32 Å². The smallest absolute Gasteiger partial charge is 0.251 e. The molecule has 0 saturated carbocycles. The number of carbonyl (C=O) groups excluding carboxylic acids is 1. The summed E-state index contributed by atoms with van der Waals surface area (Å²) in [6, 6.07) is 8.59. The Bertz CT molecular complexity index is 367. The quantitative estimate of drug-likeness (QED) is 0.670. The van der Waals surface area contributed by atoms with E-state index in [0.29, 0.717) is 17.7 Å². The average Bonchev–Trinajstić information content (AvgIpc) is 2.29. The SMILES string of the molecule is N#Cc1ccc(C(=O)NCCCBr)cc1. The van der Waals surface area contributed by atoms with E-state index in [4.69, 9.17) is 5.26 Å². The monoisotopic (exact) mass is 266 g/mol. The lowest BCUT2D eigenvalue weighted by Gasteiger charge is -2.03. The zero-order valence-electron chi connectivity index (χ0n) is 8.16. The molecule has 0 unspecified atom stereocenters. The summed E-state index contributed by atoms with van der Waals surface area (Å²) in [5.41, 5.74) is 1.15. The van der Waals surface area contributed by atoms with Crippen LogP contribution in [-0.2, 0) is 0 Å². The first-order valence-electron chi connectivity index (χ1n) is 4.62. The highest BCUT2D eigenvalue weighted by Gasteiger charge is 2.03. The van der Waals surface area contributed by atoms with Crippen LogP contribution in [0.15, 0.2) is 24.3 Å². The molecule has 4 heteroatoms. The highest BCUT2D eigenvalue weighted by Crippen LogP contribution is 2.02. The van der Waals surface area contributed by atoms with Gasteiger partial charge in [0.1, 0.15) is 0 Å². The lowest BCUT2D eigenvalue weighted by atomic mass is 10.1. The van der Waals surface area contributed by atoms with Crippen molar-refractivity contribution in [3.8, 4) is 6.07 Å². The molecule has 0 spiro atoms. The summed E-state index contributed by atoms with van der Waals surface area (Å²) in [4.78, 5) is 11.5. The first-order valence-corrected chi connectivity index (χ1v) is 5.74. The molecule has 0 atom stereocenters. The van der Waals surface area contributed by atoms with E-state index >= 15 is 0 Å². The van der Waals surface area contributed by atoms with Gasteiger partial charge in [0.25, 0.3) is 5.91 Å². The van der Waals surface area contributed by atoms with Gasteiger partial charge in [0.15, 0.2) is 0 Å². The second-order valence-corrected chi connectivity index (χ2v) is 3.78. The number of alkyl halides is 1. The number of nitrogens with one attached hydrogen (secondary N) is 1. The molecule has 0 radical (unpaired) electrons. The molecule has 3 nitrogen and oxygen atoms in total. The number of nitriles is 1. The minimum Gasteiger partial charge on any atom is -0.352 e. The number of carbonyl (C=O) groups is 1. The summed E-state index contributed by atoms with van der Waals surface area (Å²) in [5, 5.41) is 12.2. The van der Waals surface area contributed by atoms with Gasteiger partial charge in [-0.1, -0.05) is 15.9 Å².